The fourth-order valence-electron chi connectivity index (χ4n) is 3.76. The Labute approximate surface area is 463 Å². The molecule has 26 nitrogen and oxygen atoms in total. The van der Waals surface area contributed by atoms with E-state index in [1.165, 1.54) is 13.3 Å². The zero-order chi connectivity index (χ0) is 51.8. The predicted octanol–water partition coefficient (Wildman–Crippen LogP) is 2.79. The summed E-state index contributed by atoms with van der Waals surface area (Å²) in [5, 5.41) is 31.0. The molecule has 36 heteroatoms. The van der Waals surface area contributed by atoms with E-state index in [9.17, 15) is 38.7 Å². The quantitative estimate of drug-likeness (QED) is 0.0101. The summed E-state index contributed by atoms with van der Waals surface area (Å²) in [6, 6.07) is -0.578. The van der Waals surface area contributed by atoms with Crippen molar-refractivity contribution in [2.45, 2.75) is 65.7 Å². The largest absolute Gasteiger partial charge is 0.457 e. The van der Waals surface area contributed by atoms with Crippen LogP contribution in [-0.4, -0.2) is 150 Å². The van der Waals surface area contributed by atoms with Gasteiger partial charge in [0.15, 0.2) is 12.2 Å². The molecular formula is C33H67BCl7N13O13PU-. The van der Waals surface area contributed by atoms with Gasteiger partial charge in [0.25, 0.3) is 0 Å². The van der Waals surface area contributed by atoms with Crippen LogP contribution in [0.5, 0.6) is 0 Å². The monoisotopic (exact) mass is 1380 g/mol. The first-order valence-electron chi connectivity index (χ1n) is 19.1. The number of guanidine groups is 1. The number of nitrogens with zero attached hydrogens (tertiary/aromatic N) is 6. The Hall–Kier alpha value is -1.67. The van der Waals surface area contributed by atoms with Gasteiger partial charge in [-0.2, -0.15) is 5.01 Å². The molecule has 404 valence electrons. The summed E-state index contributed by atoms with van der Waals surface area (Å²) in [6.07, 6.45) is -0.686. The number of nitroso groups, excluding NO2 is 2. The number of ether oxygens (including phenoxy) is 2. The van der Waals surface area contributed by atoms with Gasteiger partial charge in [0, 0.05) is 111 Å². The number of halogens is 7. The Kier molecular flexibility index (Phi) is 73.9. The van der Waals surface area contributed by atoms with Crippen LogP contribution in [0.3, 0.4) is 0 Å². The molecule has 1 fully saturated rings. The normalized spacial score (nSPS) is 15.1. The number of carbonyl (C=O) groups is 3. The van der Waals surface area contributed by atoms with Crippen molar-refractivity contribution in [3.63, 3.8) is 0 Å². The minimum Gasteiger partial charge on any atom is -0.457 e. The first-order chi connectivity index (χ1) is 31.5. The van der Waals surface area contributed by atoms with Crippen LogP contribution < -0.4 is 42.2 Å². The number of aliphatic hydroxyl groups excluding tert-OH is 1. The van der Waals surface area contributed by atoms with Crippen molar-refractivity contribution in [1.82, 2.24) is 35.9 Å². The number of aliphatic imine (C=N–C) groups is 1. The van der Waals surface area contributed by atoms with Gasteiger partial charge in [0.1, 0.15) is 23.8 Å². The van der Waals surface area contributed by atoms with Crippen LogP contribution in [0.1, 0.15) is 59.2 Å². The molecule has 4 amide bonds. The Morgan fingerprint density at radius 3 is 1.99 bits per heavy atom. The van der Waals surface area contributed by atoms with Crippen LogP contribution in [0, 0.1) is 60.0 Å². The summed E-state index contributed by atoms with van der Waals surface area (Å²) in [5.74, 6) is 3.30. The van der Waals surface area contributed by atoms with Gasteiger partial charge in [0.05, 0.1) is 64.5 Å². The number of hydrogen-bond acceptors (Lipinski definition) is 19. The second-order valence-electron chi connectivity index (χ2n) is 10.8. The summed E-state index contributed by atoms with van der Waals surface area (Å²) in [4.78, 5) is 79.6. The number of imidazole rings is 1. The van der Waals surface area contributed by atoms with Crippen molar-refractivity contribution in [3.8, 4) is 0 Å². The molecule has 2 unspecified atom stereocenters. The van der Waals surface area contributed by atoms with Crippen molar-refractivity contribution in [2.24, 2.45) is 21.3 Å². The summed E-state index contributed by atoms with van der Waals surface area (Å²) >= 11 is 36.9. The third kappa shape index (κ3) is 49.7. The maximum atomic E-state index is 10.9. The molecule has 0 bridgehead atoms. The van der Waals surface area contributed by atoms with E-state index in [0.29, 0.717) is 78.5 Å². The zero-order valence-electron chi connectivity index (χ0n) is 37.6. The number of phosphoric ester groups is 1. The molecule has 0 aliphatic carbocycles. The molecule has 1 aromatic rings. The molecule has 0 spiro atoms. The first kappa shape index (κ1) is 84.2. The molecule has 12 N–H and O–H groups in total. The van der Waals surface area contributed by atoms with E-state index in [2.05, 4.69) is 65.5 Å². The van der Waals surface area contributed by atoms with E-state index >= 15 is 0 Å². The van der Waals surface area contributed by atoms with Crippen molar-refractivity contribution in [1.29, 1.82) is 5.31 Å². The number of nitrogens with two attached hydrogens (primary N) is 1. The molecule has 2 aliphatic heterocycles. The number of anilines is 1. The van der Waals surface area contributed by atoms with Crippen molar-refractivity contribution >= 4 is 126 Å². The standard InChI is InChI=1S/C12H19ClN5O7P.C5H9Cl2N3O2.C4H8ClNO.C3H6ClNO.C3H6Cl.C2H5ClN2O.C2H6.CH3BN.CH4.H2O.U/c13-1-2-23-11-9-10(16-12(14)17-11)18(5-15-9)8-3-6(7(4-19)24-8)25-26(20,21)22;6-1-3-8-5(11)10(9-12)4-2-7;1-4(7)6-3-2-5;4-1-2-5-3-6;1-2-3-4;3-1-2-4-5-6;1-2;1-2-3;;;/h5-8,11,19H,1-4H2,(H3,14,16,17)(H2,20,21,22);1-4H2,(H,8,11);2-3H2,1H3,(H,6,7);3H,1-2H2,(H,5,6);1-3H2;1-2H2,(H,4,6);1-2H3;3H,1H2;1H4;1H2;/q;;;;+1;;;-1;;;/p-1/t6?,7-,8-,11?;;;;;;;;;;/m1........../s1. The minimum absolute atomic E-state index is 0. The fourth-order valence-corrected chi connectivity index (χ4v) is 4.94. The summed E-state index contributed by atoms with van der Waals surface area (Å²) in [6.45, 7) is 13.7. The number of rotatable bonds is 21. The zero-order valence-corrected chi connectivity index (χ0v) is 48.0. The molecule has 0 aromatic carbocycles. The van der Waals surface area contributed by atoms with Crippen molar-refractivity contribution in [3.05, 3.63) is 35.6 Å². The van der Waals surface area contributed by atoms with Crippen molar-refractivity contribution in [2.75, 3.05) is 92.4 Å². The number of aromatic nitrogens is 2. The van der Waals surface area contributed by atoms with Gasteiger partial charge < -0.3 is 65.9 Å². The van der Waals surface area contributed by atoms with Crippen LogP contribution in [0.4, 0.5) is 10.6 Å². The number of phosphoric acid groups is 1. The van der Waals surface area contributed by atoms with E-state index in [1.54, 1.807) is 4.57 Å². The molecule has 1 saturated heterocycles. The van der Waals surface area contributed by atoms with Gasteiger partial charge >= 0.3 is 25.2 Å². The SMILES string of the molecule is C.CC.CC(=O)NCCCl.NC1=NC(OCCCl)c2ncn([C@H]3CC(OP(=O)([O-])[O-])[C@@H](CO)O3)c2N1.O=CNCCCl.O=NN(CCCl)C(=O)NCCCl.O=NNCCCl.[CH2+]CCCl.[CH2-]B=N.[OH3+].[U]. The van der Waals surface area contributed by atoms with Gasteiger partial charge in [0.2, 0.25) is 12.3 Å². The summed E-state index contributed by atoms with van der Waals surface area (Å²) in [5.41, 5.74) is 8.34. The van der Waals surface area contributed by atoms with E-state index in [1.807, 2.05) is 13.8 Å². The number of carbonyl (C=O) groups excluding carboxylic acids is 3. The molecular weight excluding hydrogens is 1310 g/mol. The number of alkyl halides is 7. The Morgan fingerprint density at radius 1 is 1.09 bits per heavy atom. The first-order valence-corrected chi connectivity index (χ1v) is 24.3. The number of amides is 4. The van der Waals surface area contributed by atoms with Gasteiger partial charge in [-0.15, -0.1) is 91.0 Å². The Balaban J connectivity index is -0.000000121. The Bertz CT molecular complexity index is 1450. The third-order valence-electron chi connectivity index (χ3n) is 6.04. The second-order valence-corrected chi connectivity index (χ2v) is 14.5. The summed E-state index contributed by atoms with van der Waals surface area (Å²) < 4.78 is 28.0. The van der Waals surface area contributed by atoms with E-state index in [-0.39, 0.29) is 87.2 Å². The molecule has 0 radical (unpaired) electrons. The maximum absolute atomic E-state index is 10.9. The maximum Gasteiger partial charge on any atom is 0 e. The minimum atomic E-state index is -5.23. The van der Waals surface area contributed by atoms with Crippen LogP contribution in [0.25, 0.3) is 0 Å². The number of urea groups is 1. The molecule has 4 atom stereocenters. The van der Waals surface area contributed by atoms with E-state index in [0.717, 1.165) is 13.5 Å². The molecule has 1 aromatic heterocycles. The molecule has 2 aliphatic rings. The van der Waals surface area contributed by atoms with Crippen LogP contribution >= 0.6 is 89.0 Å². The van der Waals surface area contributed by atoms with Gasteiger partial charge in [-0.05, 0) is 0 Å². The molecule has 0 saturated carbocycles. The average Bonchev–Trinajstić information content (AvgIpc) is 3.91. The van der Waals surface area contributed by atoms with Crippen LogP contribution in [0.15, 0.2) is 21.9 Å². The fraction of sp³-hybridized carbons (Fsp3) is 0.727. The van der Waals surface area contributed by atoms with Crippen LogP contribution in [-0.2, 0) is 33.6 Å². The predicted molar refractivity (Wildman–Crippen MR) is 269 cm³/mol. The van der Waals surface area contributed by atoms with Gasteiger partial charge in [-0.1, -0.05) is 21.3 Å². The van der Waals surface area contributed by atoms with E-state index in [4.69, 9.17) is 107 Å². The summed E-state index contributed by atoms with van der Waals surface area (Å²) in [7, 11) is -4.23. The third-order valence-corrected chi connectivity index (χ3v) is 7.92. The van der Waals surface area contributed by atoms with Crippen molar-refractivity contribution < 1.29 is 84.4 Å². The average molecular weight is 1380 g/mol. The Morgan fingerprint density at radius 2 is 1.62 bits per heavy atom. The van der Waals surface area contributed by atoms with Gasteiger partial charge in [-0.25, -0.2) is 14.8 Å². The number of aliphatic hydroxyl groups is 1. The van der Waals surface area contributed by atoms with Gasteiger partial charge in [-0.3, -0.25) is 19.6 Å². The number of nitrogens with one attached hydrogen (secondary N) is 6. The number of fused-ring (bicyclic) bond motifs is 1. The number of hydrogen-bond donors (Lipinski definition) is 8. The molecule has 3 rings (SSSR count). The van der Waals surface area contributed by atoms with Crippen LogP contribution in [0.2, 0.25) is 0 Å². The smallest absolute Gasteiger partial charge is 0 e. The molecule has 3 heterocycles. The topological polar surface area (TPSA) is 398 Å². The second kappa shape index (κ2) is 60.6. The van der Waals surface area contributed by atoms with E-state index < -0.39 is 45.1 Å². The molecule has 69 heavy (non-hydrogen) atoms.